The number of imide groups is 1. The zero-order chi connectivity index (χ0) is 13.3. The van der Waals surface area contributed by atoms with Crippen molar-refractivity contribution in [3.63, 3.8) is 0 Å². The average Bonchev–Trinajstić information content (AvgIpc) is 3.10. The maximum atomic E-state index is 12.5. The number of rotatable bonds is 1. The monoisotopic (exact) mass is 388 g/mol. The normalized spacial score (nSPS) is 44.2. The summed E-state index contributed by atoms with van der Waals surface area (Å²) in [5.74, 6) is -0.164. The number of hydrogen-bond donors (Lipinski definition) is 0. The molecule has 19 heavy (non-hydrogen) atoms. The van der Waals surface area contributed by atoms with E-state index in [2.05, 4.69) is 42.1 Å². The molecule has 3 fully saturated rings. The standard InChI is InChI=1S/C11H10Br2N4O2/c12-8-4-1-5(9(8)13)7-6(4)10(18)17(11(7)19)16-2-14-15-3-16/h2-9H,1H2/t4-,5-,6-,7+,8+,9+/m1/s1. The molecule has 8 heteroatoms. The summed E-state index contributed by atoms with van der Waals surface area (Å²) in [7, 11) is 0. The van der Waals surface area contributed by atoms with Crippen molar-refractivity contribution in [2.45, 2.75) is 16.1 Å². The Kier molecular flexibility index (Phi) is 2.45. The Morgan fingerprint density at radius 3 is 1.95 bits per heavy atom. The molecule has 3 aliphatic rings. The molecular weight excluding hydrogens is 380 g/mol. The second-order valence-electron chi connectivity index (χ2n) is 5.33. The van der Waals surface area contributed by atoms with Gasteiger partial charge in [-0.1, -0.05) is 31.9 Å². The quantitative estimate of drug-likeness (QED) is 0.523. The van der Waals surface area contributed by atoms with Gasteiger partial charge in [0.15, 0.2) is 0 Å². The molecule has 1 saturated heterocycles. The van der Waals surface area contributed by atoms with E-state index in [1.807, 2.05) is 0 Å². The molecule has 1 aromatic heterocycles. The highest BCUT2D eigenvalue weighted by Crippen LogP contribution is 2.59. The number of amides is 2. The van der Waals surface area contributed by atoms with Crippen molar-refractivity contribution in [1.82, 2.24) is 14.9 Å². The highest BCUT2D eigenvalue weighted by molar-refractivity contribution is 9.12. The Morgan fingerprint density at radius 1 is 1.00 bits per heavy atom. The molecule has 6 atom stereocenters. The molecule has 1 aromatic rings. The summed E-state index contributed by atoms with van der Waals surface area (Å²) in [5, 5.41) is 8.52. The summed E-state index contributed by atoms with van der Waals surface area (Å²) < 4.78 is 1.38. The molecule has 0 N–H and O–H groups in total. The van der Waals surface area contributed by atoms with Crippen molar-refractivity contribution in [3.8, 4) is 0 Å². The third kappa shape index (κ3) is 1.36. The molecule has 2 heterocycles. The fourth-order valence-electron chi connectivity index (χ4n) is 3.86. The van der Waals surface area contributed by atoms with Crippen LogP contribution in [0.3, 0.4) is 0 Å². The maximum absolute atomic E-state index is 12.5. The van der Waals surface area contributed by atoms with E-state index in [4.69, 9.17) is 0 Å². The van der Waals surface area contributed by atoms with Gasteiger partial charge in [0.25, 0.3) is 11.8 Å². The SMILES string of the molecule is O=C1[C@@H]2[C@H]3C[C@@H]([C@H](Br)[C@H]3Br)[C@@H]2C(=O)N1n1cnnc1. The molecule has 1 aliphatic heterocycles. The molecular formula is C11H10Br2N4O2. The number of hydrogen-bond acceptors (Lipinski definition) is 4. The van der Waals surface area contributed by atoms with Crippen molar-refractivity contribution < 1.29 is 9.59 Å². The fourth-order valence-corrected chi connectivity index (χ4v) is 5.73. The van der Waals surface area contributed by atoms with Crippen LogP contribution in [0.1, 0.15) is 6.42 Å². The van der Waals surface area contributed by atoms with Crippen LogP contribution >= 0.6 is 31.9 Å². The highest BCUT2D eigenvalue weighted by Gasteiger charge is 2.66. The number of carbonyl (C=O) groups excluding carboxylic acids is 2. The number of halogens is 2. The second-order valence-corrected chi connectivity index (χ2v) is 7.45. The topological polar surface area (TPSA) is 68.1 Å². The van der Waals surface area contributed by atoms with Crippen LogP contribution in [0, 0.1) is 23.7 Å². The van der Waals surface area contributed by atoms with Crippen LogP contribution in [-0.2, 0) is 9.59 Å². The molecule has 0 unspecified atom stereocenters. The predicted octanol–water partition coefficient (Wildman–Crippen LogP) is 0.692. The van der Waals surface area contributed by atoms with Crippen molar-refractivity contribution in [2.24, 2.45) is 23.7 Å². The van der Waals surface area contributed by atoms with Gasteiger partial charge in [0.1, 0.15) is 12.7 Å². The largest absolute Gasteiger partial charge is 0.272 e. The first kappa shape index (κ1) is 12.0. The van der Waals surface area contributed by atoms with Crippen LogP contribution in [0.2, 0.25) is 0 Å². The van der Waals surface area contributed by atoms with Crippen LogP contribution < -0.4 is 5.01 Å². The summed E-state index contributed by atoms with van der Waals surface area (Å²) >= 11 is 7.31. The van der Waals surface area contributed by atoms with Gasteiger partial charge in [0, 0.05) is 9.65 Å². The van der Waals surface area contributed by atoms with Crippen LogP contribution in [0.5, 0.6) is 0 Å². The lowest BCUT2D eigenvalue weighted by Gasteiger charge is -2.28. The third-order valence-electron chi connectivity index (χ3n) is 4.60. The number of fused-ring (bicyclic) bond motifs is 5. The molecule has 6 nitrogen and oxygen atoms in total. The van der Waals surface area contributed by atoms with E-state index in [0.29, 0.717) is 0 Å². The minimum atomic E-state index is -0.196. The summed E-state index contributed by atoms with van der Waals surface area (Å²) in [6.45, 7) is 0. The Morgan fingerprint density at radius 2 is 1.47 bits per heavy atom. The zero-order valence-electron chi connectivity index (χ0n) is 9.69. The summed E-state index contributed by atoms with van der Waals surface area (Å²) in [6.07, 6.45) is 3.71. The molecule has 0 aromatic carbocycles. The van der Waals surface area contributed by atoms with E-state index in [1.165, 1.54) is 22.3 Å². The van der Waals surface area contributed by atoms with E-state index < -0.39 is 0 Å². The molecule has 4 rings (SSSR count). The van der Waals surface area contributed by atoms with Crippen molar-refractivity contribution >= 4 is 43.7 Å². The van der Waals surface area contributed by atoms with Gasteiger partial charge in [-0.25, -0.2) is 4.68 Å². The molecule has 2 bridgehead atoms. The van der Waals surface area contributed by atoms with E-state index in [1.54, 1.807) is 0 Å². The van der Waals surface area contributed by atoms with Gasteiger partial charge in [0.2, 0.25) is 0 Å². The Balaban J connectivity index is 1.76. The second kappa shape index (κ2) is 3.88. The highest BCUT2D eigenvalue weighted by atomic mass is 79.9. The van der Waals surface area contributed by atoms with Gasteiger partial charge < -0.3 is 0 Å². The summed E-state index contributed by atoms with van der Waals surface area (Å²) in [5.41, 5.74) is 0. The van der Waals surface area contributed by atoms with E-state index in [0.717, 1.165) is 6.42 Å². The van der Waals surface area contributed by atoms with E-state index in [9.17, 15) is 9.59 Å². The lowest BCUT2D eigenvalue weighted by molar-refractivity contribution is -0.125. The number of alkyl halides is 2. The first-order chi connectivity index (χ1) is 9.11. The predicted molar refractivity (Wildman–Crippen MR) is 72.3 cm³/mol. The Bertz CT molecular complexity index is 531. The van der Waals surface area contributed by atoms with Crippen LogP contribution in [0.25, 0.3) is 0 Å². The maximum Gasteiger partial charge on any atom is 0.252 e. The Hall–Kier alpha value is -0.760. The molecule has 2 amide bonds. The molecule has 100 valence electrons. The summed E-state index contributed by atoms with van der Waals surface area (Å²) in [6, 6.07) is 0. The lowest BCUT2D eigenvalue weighted by Crippen LogP contribution is -2.41. The first-order valence-electron chi connectivity index (χ1n) is 6.12. The number of nitrogens with zero attached hydrogens (tertiary/aromatic N) is 4. The number of aromatic nitrogens is 3. The smallest absolute Gasteiger partial charge is 0.252 e. The third-order valence-corrected chi connectivity index (χ3v) is 7.81. The minimum Gasteiger partial charge on any atom is -0.272 e. The van der Waals surface area contributed by atoms with Crippen LogP contribution in [0.15, 0.2) is 12.7 Å². The summed E-state index contributed by atoms with van der Waals surface area (Å²) in [4.78, 5) is 25.6. The first-order valence-corrected chi connectivity index (χ1v) is 7.95. The lowest BCUT2D eigenvalue weighted by atomic mass is 9.81. The zero-order valence-corrected chi connectivity index (χ0v) is 12.9. The molecule has 2 aliphatic carbocycles. The van der Waals surface area contributed by atoms with E-state index in [-0.39, 0.29) is 45.1 Å². The van der Waals surface area contributed by atoms with Crippen LogP contribution in [-0.4, -0.2) is 36.3 Å². The number of carbonyl (C=O) groups is 2. The molecule has 2 saturated carbocycles. The van der Waals surface area contributed by atoms with Gasteiger partial charge in [-0.15, -0.1) is 10.2 Å². The van der Waals surface area contributed by atoms with E-state index >= 15 is 0 Å². The van der Waals surface area contributed by atoms with Gasteiger partial charge in [-0.05, 0) is 18.3 Å². The van der Waals surface area contributed by atoms with Gasteiger partial charge in [0.05, 0.1) is 11.8 Å². The van der Waals surface area contributed by atoms with Gasteiger partial charge in [-0.2, -0.15) is 5.01 Å². The average molecular weight is 390 g/mol. The van der Waals surface area contributed by atoms with Gasteiger partial charge in [-0.3, -0.25) is 9.59 Å². The van der Waals surface area contributed by atoms with Crippen molar-refractivity contribution in [1.29, 1.82) is 0 Å². The minimum absolute atomic E-state index is 0.119. The van der Waals surface area contributed by atoms with Crippen molar-refractivity contribution in [3.05, 3.63) is 12.7 Å². The molecule has 0 radical (unpaired) electrons. The fraction of sp³-hybridized carbons (Fsp3) is 0.636. The molecule has 0 spiro atoms. The Labute approximate surface area is 125 Å². The van der Waals surface area contributed by atoms with Crippen LogP contribution in [0.4, 0.5) is 0 Å². The van der Waals surface area contributed by atoms with Gasteiger partial charge >= 0.3 is 0 Å². The van der Waals surface area contributed by atoms with Crippen molar-refractivity contribution in [2.75, 3.05) is 5.01 Å².